The van der Waals surface area contributed by atoms with Crippen LogP contribution in [0.5, 0.6) is 0 Å². The molecule has 0 aromatic carbocycles. The Morgan fingerprint density at radius 1 is 1.11 bits per heavy atom. The molecule has 1 spiro atoms. The van der Waals surface area contributed by atoms with E-state index in [1.54, 1.807) is 28.8 Å². The quantitative estimate of drug-likeness (QED) is 0.290. The van der Waals surface area contributed by atoms with Crippen LogP contribution in [-0.4, -0.2) is 92.9 Å². The van der Waals surface area contributed by atoms with Gasteiger partial charge < -0.3 is 19.8 Å². The van der Waals surface area contributed by atoms with Crippen molar-refractivity contribution in [2.75, 3.05) is 39.3 Å². The van der Waals surface area contributed by atoms with Gasteiger partial charge in [-0.3, -0.25) is 14.4 Å². The number of likely N-dealkylation sites (tertiary alicyclic amines) is 1. The van der Waals surface area contributed by atoms with E-state index in [-0.39, 0.29) is 42.0 Å². The third kappa shape index (κ3) is 4.80. The number of aliphatic hydroxyl groups is 1. The number of amides is 3. The topological polar surface area (TPSA) is 81.2 Å². The van der Waals surface area contributed by atoms with Crippen LogP contribution < -0.4 is 0 Å². The summed E-state index contributed by atoms with van der Waals surface area (Å²) in [5.74, 6) is -1.09. The number of nitrogens with zero attached hydrogens (tertiary/aromatic N) is 3. The molecule has 0 aromatic heterocycles. The lowest BCUT2D eigenvalue weighted by Crippen LogP contribution is -2.57. The number of carbonyl (C=O) groups excluding carboxylic acids is 3. The van der Waals surface area contributed by atoms with Crippen LogP contribution in [0.1, 0.15) is 52.9 Å². The highest BCUT2D eigenvalue weighted by Crippen LogP contribution is 2.68. The SMILES string of the molecule is C=CCN(CCCCC)C(=O)C1N(CCO)C(=O)[C@@H]2[C@H](C(=O)N(CC=C)CCC)[C@@H]3CC(C)C12S3. The van der Waals surface area contributed by atoms with Gasteiger partial charge in [-0.05, 0) is 25.2 Å². The van der Waals surface area contributed by atoms with Crippen LogP contribution in [-0.2, 0) is 14.4 Å². The zero-order valence-corrected chi connectivity index (χ0v) is 22.5. The van der Waals surface area contributed by atoms with E-state index in [4.69, 9.17) is 0 Å². The van der Waals surface area contributed by atoms with Crippen LogP contribution in [0.3, 0.4) is 0 Å². The van der Waals surface area contributed by atoms with Gasteiger partial charge in [0.15, 0.2) is 0 Å². The summed E-state index contributed by atoms with van der Waals surface area (Å²) in [6.45, 7) is 16.0. The molecule has 3 heterocycles. The molecule has 7 nitrogen and oxygen atoms in total. The molecule has 3 aliphatic rings. The smallest absolute Gasteiger partial charge is 0.247 e. The van der Waals surface area contributed by atoms with Gasteiger partial charge in [-0.1, -0.05) is 45.8 Å². The Balaban J connectivity index is 2.01. The Bertz CT molecular complexity index is 820. The first kappa shape index (κ1) is 27.8. The predicted octanol–water partition coefficient (Wildman–Crippen LogP) is 2.95. The molecule has 196 valence electrons. The second-order valence-electron chi connectivity index (χ2n) is 10.2. The maximum absolute atomic E-state index is 14.1. The van der Waals surface area contributed by atoms with E-state index in [2.05, 4.69) is 27.0 Å². The summed E-state index contributed by atoms with van der Waals surface area (Å²) in [6, 6.07) is -0.671. The van der Waals surface area contributed by atoms with Gasteiger partial charge in [0.1, 0.15) is 6.04 Å². The Kier molecular flexibility index (Phi) is 9.49. The fraction of sp³-hybridized carbons (Fsp3) is 0.741. The van der Waals surface area contributed by atoms with Gasteiger partial charge in [-0.25, -0.2) is 0 Å². The highest BCUT2D eigenvalue weighted by molar-refractivity contribution is 8.02. The summed E-state index contributed by atoms with van der Waals surface area (Å²) in [7, 11) is 0. The number of fused-ring (bicyclic) bond motifs is 1. The van der Waals surface area contributed by atoms with Crippen molar-refractivity contribution in [3.8, 4) is 0 Å². The monoisotopic (exact) mass is 505 g/mol. The van der Waals surface area contributed by atoms with Gasteiger partial charge in [0.25, 0.3) is 0 Å². The molecule has 2 bridgehead atoms. The molecule has 6 atom stereocenters. The Labute approximate surface area is 215 Å². The first-order valence-electron chi connectivity index (χ1n) is 13.2. The number of hydrogen-bond acceptors (Lipinski definition) is 5. The summed E-state index contributed by atoms with van der Waals surface area (Å²) in [6.07, 6.45) is 8.09. The second-order valence-corrected chi connectivity index (χ2v) is 11.7. The average molecular weight is 506 g/mol. The molecule has 3 fully saturated rings. The average Bonchev–Trinajstić information content (AvgIpc) is 3.42. The summed E-state index contributed by atoms with van der Waals surface area (Å²) in [4.78, 5) is 47.1. The number of rotatable bonds is 14. The molecule has 3 aliphatic heterocycles. The van der Waals surface area contributed by atoms with Crippen molar-refractivity contribution >= 4 is 29.5 Å². The minimum absolute atomic E-state index is 0.000633. The summed E-state index contributed by atoms with van der Waals surface area (Å²) in [5, 5.41) is 9.85. The lowest BCUT2D eigenvalue weighted by Gasteiger charge is -2.41. The number of thioether (sulfide) groups is 1. The van der Waals surface area contributed by atoms with Crippen molar-refractivity contribution in [3.63, 3.8) is 0 Å². The van der Waals surface area contributed by atoms with Crippen molar-refractivity contribution in [1.29, 1.82) is 0 Å². The normalized spacial score (nSPS) is 30.9. The maximum Gasteiger partial charge on any atom is 0.247 e. The van der Waals surface area contributed by atoms with Crippen LogP contribution in [0.25, 0.3) is 0 Å². The van der Waals surface area contributed by atoms with E-state index in [1.165, 1.54) is 0 Å². The van der Waals surface area contributed by atoms with Gasteiger partial charge in [0, 0.05) is 38.0 Å². The number of β-amino-alcohol motifs (C(OH)–C–C–N with tert-alkyl or cyclic N) is 1. The molecule has 35 heavy (non-hydrogen) atoms. The molecular formula is C27H43N3O4S. The standard InChI is InChI=1S/C27H43N3O4S/c1-6-10-11-15-29(14-9-4)26(34)23-27-19(5)18-20(35-27)21(22(27)25(33)30(23)16-17-31)24(32)28(12-7-2)13-8-3/h7,9,19-23,31H,2,4,6,8,10-18H2,1,3,5H3/t19?,20-,21+,22-,23?,27?/m0/s1. The third-order valence-corrected chi connectivity index (χ3v) is 10.0. The highest BCUT2D eigenvalue weighted by atomic mass is 32.2. The fourth-order valence-corrected chi connectivity index (χ4v) is 8.94. The number of carbonyl (C=O) groups is 3. The van der Waals surface area contributed by atoms with Crippen LogP contribution >= 0.6 is 11.8 Å². The van der Waals surface area contributed by atoms with Gasteiger partial charge in [0.05, 0.1) is 23.2 Å². The maximum atomic E-state index is 14.1. The molecule has 0 radical (unpaired) electrons. The fourth-order valence-electron chi connectivity index (χ4n) is 6.53. The van der Waals surface area contributed by atoms with Crippen molar-refractivity contribution < 1.29 is 19.5 Å². The molecule has 8 heteroatoms. The van der Waals surface area contributed by atoms with E-state index < -0.39 is 22.6 Å². The summed E-state index contributed by atoms with van der Waals surface area (Å²) in [5.41, 5.74) is 0. The Morgan fingerprint density at radius 2 is 1.77 bits per heavy atom. The second kappa shape index (κ2) is 12.0. The van der Waals surface area contributed by atoms with Crippen molar-refractivity contribution in [3.05, 3.63) is 25.3 Å². The third-order valence-electron chi connectivity index (χ3n) is 7.95. The first-order valence-corrected chi connectivity index (χ1v) is 14.1. The van der Waals surface area contributed by atoms with E-state index in [0.717, 1.165) is 32.1 Å². The molecule has 0 aromatic rings. The highest BCUT2D eigenvalue weighted by Gasteiger charge is 2.76. The molecule has 0 saturated carbocycles. The zero-order valence-electron chi connectivity index (χ0n) is 21.7. The van der Waals surface area contributed by atoms with E-state index in [9.17, 15) is 19.5 Å². The molecule has 0 aliphatic carbocycles. The largest absolute Gasteiger partial charge is 0.395 e. The lowest BCUT2D eigenvalue weighted by atomic mass is 9.65. The number of aliphatic hydroxyl groups excluding tert-OH is 1. The lowest BCUT2D eigenvalue weighted by molar-refractivity contribution is -0.145. The van der Waals surface area contributed by atoms with Crippen LogP contribution in [0.4, 0.5) is 0 Å². The predicted molar refractivity (Wildman–Crippen MR) is 141 cm³/mol. The zero-order chi connectivity index (χ0) is 25.8. The molecule has 3 unspecified atom stereocenters. The summed E-state index contributed by atoms with van der Waals surface area (Å²) >= 11 is 1.69. The minimum atomic E-state index is -0.671. The molecule has 3 rings (SSSR count). The van der Waals surface area contributed by atoms with Gasteiger partial charge >= 0.3 is 0 Å². The van der Waals surface area contributed by atoms with Crippen LogP contribution in [0.2, 0.25) is 0 Å². The number of unbranched alkanes of at least 4 members (excludes halogenated alkanes) is 2. The van der Waals surface area contributed by atoms with Gasteiger partial charge in [-0.15, -0.1) is 24.9 Å². The Hall–Kier alpha value is -1.80. The van der Waals surface area contributed by atoms with Crippen molar-refractivity contribution in [2.24, 2.45) is 17.8 Å². The van der Waals surface area contributed by atoms with E-state index in [0.29, 0.717) is 26.2 Å². The Morgan fingerprint density at radius 3 is 2.34 bits per heavy atom. The van der Waals surface area contributed by atoms with Crippen molar-refractivity contribution in [1.82, 2.24) is 14.7 Å². The van der Waals surface area contributed by atoms with Crippen LogP contribution in [0, 0.1) is 17.8 Å². The first-order chi connectivity index (χ1) is 16.8. The molecule has 3 saturated heterocycles. The van der Waals surface area contributed by atoms with Gasteiger partial charge in [-0.2, -0.15) is 0 Å². The van der Waals surface area contributed by atoms with Crippen LogP contribution in [0.15, 0.2) is 25.3 Å². The van der Waals surface area contributed by atoms with E-state index >= 15 is 0 Å². The minimum Gasteiger partial charge on any atom is -0.395 e. The molecule has 3 amide bonds. The van der Waals surface area contributed by atoms with E-state index in [1.807, 2.05) is 16.7 Å². The molecule has 1 N–H and O–H groups in total. The van der Waals surface area contributed by atoms with Gasteiger partial charge in [0.2, 0.25) is 17.7 Å². The van der Waals surface area contributed by atoms with Crippen molar-refractivity contribution in [2.45, 2.75) is 68.9 Å². The number of hydrogen-bond donors (Lipinski definition) is 1. The summed E-state index contributed by atoms with van der Waals surface area (Å²) < 4.78 is -0.648. The molecular weight excluding hydrogens is 462 g/mol.